The van der Waals surface area contributed by atoms with Gasteiger partial charge in [0.05, 0.1) is 25.9 Å². The Hall–Kier alpha value is -0.340. The molecule has 166 valence electrons. The summed E-state index contributed by atoms with van der Waals surface area (Å²) in [5.41, 5.74) is 3.97. The number of piperazine rings is 1. The van der Waals surface area contributed by atoms with Gasteiger partial charge in [-0.2, -0.15) is 0 Å². The molecule has 0 radical (unpaired) electrons. The molecule has 0 bridgehead atoms. The van der Waals surface area contributed by atoms with Crippen molar-refractivity contribution in [1.29, 1.82) is 0 Å². The summed E-state index contributed by atoms with van der Waals surface area (Å²) in [7, 11) is 1.74. The van der Waals surface area contributed by atoms with E-state index in [9.17, 15) is 0 Å². The van der Waals surface area contributed by atoms with Crippen molar-refractivity contribution in [2.24, 2.45) is 0 Å². The Morgan fingerprint density at radius 3 is 2.40 bits per heavy atom. The number of benzene rings is 2. The van der Waals surface area contributed by atoms with Gasteiger partial charge in [0, 0.05) is 35.1 Å². The lowest BCUT2D eigenvalue weighted by molar-refractivity contribution is -0.0379. The summed E-state index contributed by atoms with van der Waals surface area (Å²) in [4.78, 5) is 2.58. The van der Waals surface area contributed by atoms with Crippen LogP contribution in [0, 0.1) is 0 Å². The molecule has 2 aliphatic rings. The van der Waals surface area contributed by atoms with E-state index >= 15 is 0 Å². The van der Waals surface area contributed by atoms with Gasteiger partial charge in [0.1, 0.15) is 5.75 Å². The van der Waals surface area contributed by atoms with E-state index in [2.05, 4.69) is 78.5 Å². The first-order chi connectivity index (χ1) is 13.6. The van der Waals surface area contributed by atoms with E-state index in [1.165, 1.54) is 16.7 Å². The number of rotatable bonds is 5. The summed E-state index contributed by atoms with van der Waals surface area (Å²) < 4.78 is 14.2. The molecule has 0 spiro atoms. The van der Waals surface area contributed by atoms with Crippen LogP contribution in [-0.2, 0) is 17.8 Å². The number of hydrogen-bond acceptors (Lipinski definition) is 4. The monoisotopic (exact) mass is 580 g/mol. The predicted molar refractivity (Wildman–Crippen MR) is 133 cm³/mol. The SMILES string of the molecule is COc1ccc2c(c1)C(N1CCNCC1)C(OCc1cc(Br)cc(Br)c1)CC2.Cl.Cl. The molecule has 1 aliphatic heterocycles. The van der Waals surface area contributed by atoms with Gasteiger partial charge in [0.25, 0.3) is 0 Å². The molecule has 1 heterocycles. The molecule has 1 aliphatic carbocycles. The van der Waals surface area contributed by atoms with Gasteiger partial charge in [0.2, 0.25) is 0 Å². The number of halogens is 4. The summed E-state index contributed by atoms with van der Waals surface area (Å²) in [6, 6.07) is 13.1. The van der Waals surface area contributed by atoms with Crippen molar-refractivity contribution in [3.8, 4) is 5.75 Å². The molecule has 0 aromatic heterocycles. The topological polar surface area (TPSA) is 33.7 Å². The highest BCUT2D eigenvalue weighted by atomic mass is 79.9. The number of nitrogens with one attached hydrogen (secondary N) is 1. The first kappa shape index (κ1) is 25.9. The second-order valence-corrected chi connectivity index (χ2v) is 9.29. The molecule has 2 unspecified atom stereocenters. The van der Waals surface area contributed by atoms with Crippen LogP contribution in [0.4, 0.5) is 0 Å². The number of aryl methyl sites for hydroxylation is 1. The molecule has 0 amide bonds. The van der Waals surface area contributed by atoms with Gasteiger partial charge in [0.15, 0.2) is 0 Å². The second kappa shape index (κ2) is 12.0. The molecule has 2 aromatic rings. The molecular weight excluding hydrogens is 555 g/mol. The number of methoxy groups -OCH3 is 1. The molecule has 1 N–H and O–H groups in total. The van der Waals surface area contributed by atoms with Crippen molar-refractivity contribution in [2.45, 2.75) is 31.6 Å². The minimum Gasteiger partial charge on any atom is -0.497 e. The normalized spacial score (nSPS) is 21.2. The van der Waals surface area contributed by atoms with Gasteiger partial charge in [-0.3, -0.25) is 4.90 Å². The summed E-state index contributed by atoms with van der Waals surface area (Å²) in [5.74, 6) is 0.926. The van der Waals surface area contributed by atoms with Crippen LogP contribution in [0.5, 0.6) is 5.75 Å². The van der Waals surface area contributed by atoms with E-state index < -0.39 is 0 Å². The molecule has 30 heavy (non-hydrogen) atoms. The maximum atomic E-state index is 6.53. The summed E-state index contributed by atoms with van der Waals surface area (Å²) >= 11 is 7.15. The molecule has 8 heteroatoms. The molecule has 0 saturated carbocycles. The zero-order valence-electron chi connectivity index (χ0n) is 16.9. The minimum atomic E-state index is 0. The zero-order valence-corrected chi connectivity index (χ0v) is 21.7. The lowest BCUT2D eigenvalue weighted by atomic mass is 9.84. The molecule has 2 atom stereocenters. The van der Waals surface area contributed by atoms with Crippen LogP contribution in [-0.4, -0.2) is 44.3 Å². The van der Waals surface area contributed by atoms with E-state index in [4.69, 9.17) is 9.47 Å². The quantitative estimate of drug-likeness (QED) is 0.502. The van der Waals surface area contributed by atoms with E-state index in [1.807, 2.05) is 0 Å². The van der Waals surface area contributed by atoms with Gasteiger partial charge in [-0.15, -0.1) is 24.8 Å². The predicted octanol–water partition coefficient (Wildman–Crippen LogP) is 5.54. The fourth-order valence-electron chi connectivity index (χ4n) is 4.32. The molecule has 1 fully saturated rings. The number of nitrogens with zero attached hydrogens (tertiary/aromatic N) is 1. The number of hydrogen-bond donors (Lipinski definition) is 1. The van der Waals surface area contributed by atoms with Crippen LogP contribution in [0.25, 0.3) is 0 Å². The van der Waals surface area contributed by atoms with Crippen LogP contribution in [0.2, 0.25) is 0 Å². The maximum absolute atomic E-state index is 6.53. The Balaban J connectivity index is 0.00000160. The van der Waals surface area contributed by atoms with Crippen LogP contribution >= 0.6 is 56.7 Å². The van der Waals surface area contributed by atoms with Gasteiger partial charge in [-0.1, -0.05) is 37.9 Å². The average Bonchev–Trinajstić information content (AvgIpc) is 2.71. The van der Waals surface area contributed by atoms with Crippen molar-refractivity contribution >= 4 is 56.7 Å². The van der Waals surface area contributed by atoms with Gasteiger partial charge in [-0.25, -0.2) is 0 Å². The second-order valence-electron chi connectivity index (χ2n) is 7.46. The van der Waals surface area contributed by atoms with E-state index in [1.54, 1.807) is 7.11 Å². The minimum absolute atomic E-state index is 0. The molecule has 4 rings (SSSR count). The summed E-state index contributed by atoms with van der Waals surface area (Å²) in [6.45, 7) is 4.76. The van der Waals surface area contributed by atoms with Crippen LogP contribution < -0.4 is 10.1 Å². The van der Waals surface area contributed by atoms with E-state index in [0.29, 0.717) is 6.61 Å². The Morgan fingerprint density at radius 2 is 1.73 bits per heavy atom. The van der Waals surface area contributed by atoms with Crippen molar-refractivity contribution < 1.29 is 9.47 Å². The highest BCUT2D eigenvalue weighted by Crippen LogP contribution is 2.38. The lowest BCUT2D eigenvalue weighted by Gasteiger charge is -2.43. The Morgan fingerprint density at radius 1 is 1.03 bits per heavy atom. The van der Waals surface area contributed by atoms with Crippen molar-refractivity contribution in [1.82, 2.24) is 10.2 Å². The highest BCUT2D eigenvalue weighted by Gasteiger charge is 2.35. The smallest absolute Gasteiger partial charge is 0.119 e. The average molecular weight is 583 g/mol. The lowest BCUT2D eigenvalue weighted by Crippen LogP contribution is -2.49. The largest absolute Gasteiger partial charge is 0.497 e. The Kier molecular flexibility index (Phi) is 10.4. The first-order valence-electron chi connectivity index (χ1n) is 9.82. The van der Waals surface area contributed by atoms with Gasteiger partial charge >= 0.3 is 0 Å². The van der Waals surface area contributed by atoms with Gasteiger partial charge in [-0.05, 0) is 59.9 Å². The first-order valence-corrected chi connectivity index (χ1v) is 11.4. The molecule has 2 aromatic carbocycles. The van der Waals surface area contributed by atoms with Crippen LogP contribution in [0.15, 0.2) is 45.3 Å². The third-order valence-electron chi connectivity index (χ3n) is 5.65. The fraction of sp³-hybridized carbons (Fsp3) is 0.455. The summed E-state index contributed by atoms with van der Waals surface area (Å²) in [6.07, 6.45) is 2.27. The molecule has 1 saturated heterocycles. The van der Waals surface area contributed by atoms with Crippen molar-refractivity contribution in [3.05, 3.63) is 62.0 Å². The van der Waals surface area contributed by atoms with Crippen molar-refractivity contribution in [3.63, 3.8) is 0 Å². The highest BCUT2D eigenvalue weighted by molar-refractivity contribution is 9.11. The third kappa shape index (κ3) is 6.12. The van der Waals surface area contributed by atoms with Crippen LogP contribution in [0.3, 0.4) is 0 Å². The van der Waals surface area contributed by atoms with Crippen molar-refractivity contribution in [2.75, 3.05) is 33.3 Å². The molecule has 4 nitrogen and oxygen atoms in total. The maximum Gasteiger partial charge on any atom is 0.119 e. The summed E-state index contributed by atoms with van der Waals surface area (Å²) in [5, 5.41) is 3.47. The number of fused-ring (bicyclic) bond motifs is 1. The van der Waals surface area contributed by atoms with Gasteiger partial charge < -0.3 is 14.8 Å². The zero-order chi connectivity index (χ0) is 19.5. The van der Waals surface area contributed by atoms with E-state index in [-0.39, 0.29) is 37.0 Å². The molecular formula is C22H28Br2Cl2N2O2. The van der Waals surface area contributed by atoms with E-state index in [0.717, 1.165) is 53.7 Å². The van der Waals surface area contributed by atoms with Crippen LogP contribution in [0.1, 0.15) is 29.2 Å². The standard InChI is InChI=1S/C22H26Br2N2O2.2ClH/c1-27-19-4-2-16-3-5-21(28-14-15-10-17(23)12-18(24)11-15)22(20(16)13-19)26-8-6-25-7-9-26;;/h2,4,10-13,21-22,25H,3,5-9,14H2,1H3;2*1H. The third-order valence-corrected chi connectivity index (χ3v) is 6.57. The Bertz CT molecular complexity index is 815. The Labute approximate surface area is 208 Å². The number of ether oxygens (including phenoxy) is 2. The fourth-order valence-corrected chi connectivity index (χ4v) is 5.71.